The third kappa shape index (κ3) is 6.34. The van der Waals surface area contributed by atoms with Crippen LogP contribution in [0.4, 0.5) is 5.69 Å². The van der Waals surface area contributed by atoms with Gasteiger partial charge in [-0.1, -0.05) is 42.5 Å². The minimum atomic E-state index is -0.776. The maximum Gasteiger partial charge on any atom is 0.347 e. The van der Waals surface area contributed by atoms with Gasteiger partial charge in [0.2, 0.25) is 0 Å². The van der Waals surface area contributed by atoms with Gasteiger partial charge in [-0.15, -0.1) is 0 Å². The summed E-state index contributed by atoms with van der Waals surface area (Å²) >= 11 is 0. The molecule has 3 aromatic rings. The molecule has 0 saturated carbocycles. The van der Waals surface area contributed by atoms with Crippen molar-refractivity contribution in [2.75, 3.05) is 11.9 Å². The number of para-hydroxylation sites is 2. The molecule has 6 heteroatoms. The smallest absolute Gasteiger partial charge is 0.347 e. The SMILES string of the molecule is CCOc1ccccc1NC(=O)c1ccc(O[C@@H](C)C(=O)OCc2ccccc2)cc1. The summed E-state index contributed by atoms with van der Waals surface area (Å²) in [5, 5.41) is 2.84. The summed E-state index contributed by atoms with van der Waals surface area (Å²) in [5.41, 5.74) is 1.96. The largest absolute Gasteiger partial charge is 0.492 e. The molecule has 1 atom stereocenters. The van der Waals surface area contributed by atoms with Gasteiger partial charge in [-0.2, -0.15) is 0 Å². The number of amides is 1. The van der Waals surface area contributed by atoms with Crippen LogP contribution in [0.3, 0.4) is 0 Å². The van der Waals surface area contributed by atoms with E-state index in [1.807, 2.05) is 49.4 Å². The Morgan fingerprint density at radius 2 is 1.58 bits per heavy atom. The van der Waals surface area contributed by atoms with Crippen LogP contribution in [0.15, 0.2) is 78.9 Å². The van der Waals surface area contributed by atoms with Crippen LogP contribution < -0.4 is 14.8 Å². The summed E-state index contributed by atoms with van der Waals surface area (Å²) in [6.45, 7) is 4.20. The van der Waals surface area contributed by atoms with Crippen molar-refractivity contribution in [3.8, 4) is 11.5 Å². The fourth-order valence-electron chi connectivity index (χ4n) is 2.83. The van der Waals surface area contributed by atoms with Crippen molar-refractivity contribution in [1.29, 1.82) is 0 Å². The highest BCUT2D eigenvalue weighted by atomic mass is 16.6. The minimum Gasteiger partial charge on any atom is -0.492 e. The summed E-state index contributed by atoms with van der Waals surface area (Å²) in [5.74, 6) is 0.351. The molecule has 6 nitrogen and oxygen atoms in total. The summed E-state index contributed by atoms with van der Waals surface area (Å²) in [6.07, 6.45) is -0.776. The highest BCUT2D eigenvalue weighted by Crippen LogP contribution is 2.24. The molecule has 1 N–H and O–H groups in total. The molecule has 0 saturated heterocycles. The van der Waals surface area contributed by atoms with E-state index in [0.29, 0.717) is 29.4 Å². The van der Waals surface area contributed by atoms with E-state index >= 15 is 0 Å². The van der Waals surface area contributed by atoms with Gasteiger partial charge in [-0.05, 0) is 55.8 Å². The molecule has 3 aromatic carbocycles. The summed E-state index contributed by atoms with van der Waals surface area (Å²) in [7, 11) is 0. The molecule has 0 fully saturated rings. The van der Waals surface area contributed by atoms with Gasteiger partial charge < -0.3 is 19.5 Å². The fourth-order valence-corrected chi connectivity index (χ4v) is 2.83. The molecule has 0 spiro atoms. The van der Waals surface area contributed by atoms with Crippen molar-refractivity contribution >= 4 is 17.6 Å². The van der Waals surface area contributed by atoms with E-state index in [0.717, 1.165) is 5.56 Å². The van der Waals surface area contributed by atoms with Crippen LogP contribution in [0.5, 0.6) is 11.5 Å². The molecule has 0 radical (unpaired) electrons. The number of ether oxygens (including phenoxy) is 3. The number of rotatable bonds is 9. The second-order valence-corrected chi connectivity index (χ2v) is 6.76. The number of hydrogen-bond donors (Lipinski definition) is 1. The molecule has 0 bridgehead atoms. The summed E-state index contributed by atoms with van der Waals surface area (Å²) < 4.78 is 16.5. The average Bonchev–Trinajstić information content (AvgIpc) is 2.80. The zero-order chi connectivity index (χ0) is 22.1. The number of carbonyl (C=O) groups excluding carboxylic acids is 2. The van der Waals surface area contributed by atoms with E-state index < -0.39 is 12.1 Å². The second kappa shape index (κ2) is 10.8. The first kappa shape index (κ1) is 21.9. The van der Waals surface area contributed by atoms with Gasteiger partial charge in [-0.25, -0.2) is 4.79 Å². The third-order valence-corrected chi connectivity index (χ3v) is 4.42. The number of esters is 1. The zero-order valence-electron chi connectivity index (χ0n) is 17.5. The highest BCUT2D eigenvalue weighted by Gasteiger charge is 2.17. The molecule has 0 aliphatic carbocycles. The van der Waals surface area contributed by atoms with Crippen molar-refractivity contribution in [1.82, 2.24) is 0 Å². The van der Waals surface area contributed by atoms with Crippen molar-refractivity contribution in [3.63, 3.8) is 0 Å². The predicted octanol–water partition coefficient (Wildman–Crippen LogP) is 4.85. The monoisotopic (exact) mass is 419 g/mol. The Bertz CT molecular complexity index is 1000. The van der Waals surface area contributed by atoms with Gasteiger partial charge >= 0.3 is 5.97 Å². The molecule has 1 amide bonds. The molecule has 0 aliphatic rings. The Labute approximate surface area is 181 Å². The van der Waals surface area contributed by atoms with Crippen LogP contribution >= 0.6 is 0 Å². The lowest BCUT2D eigenvalue weighted by Crippen LogP contribution is -2.26. The van der Waals surface area contributed by atoms with Crippen molar-refractivity contribution in [2.45, 2.75) is 26.6 Å². The van der Waals surface area contributed by atoms with Crippen molar-refractivity contribution < 1.29 is 23.8 Å². The van der Waals surface area contributed by atoms with Crippen LogP contribution in [0.2, 0.25) is 0 Å². The quantitative estimate of drug-likeness (QED) is 0.502. The van der Waals surface area contributed by atoms with E-state index in [1.54, 1.807) is 43.3 Å². The van der Waals surface area contributed by atoms with Gasteiger partial charge in [-0.3, -0.25) is 4.79 Å². The number of benzene rings is 3. The Balaban J connectivity index is 1.54. The maximum absolute atomic E-state index is 12.6. The third-order valence-electron chi connectivity index (χ3n) is 4.42. The van der Waals surface area contributed by atoms with Crippen LogP contribution in [0.1, 0.15) is 29.8 Å². The lowest BCUT2D eigenvalue weighted by atomic mass is 10.2. The molecular weight excluding hydrogens is 394 g/mol. The minimum absolute atomic E-state index is 0.190. The first-order valence-corrected chi connectivity index (χ1v) is 10.1. The summed E-state index contributed by atoms with van der Waals surface area (Å²) in [6, 6.07) is 23.3. The Morgan fingerprint density at radius 3 is 2.29 bits per heavy atom. The number of nitrogens with one attached hydrogen (secondary N) is 1. The molecule has 160 valence electrons. The van der Waals surface area contributed by atoms with Gasteiger partial charge in [0.05, 0.1) is 12.3 Å². The van der Waals surface area contributed by atoms with E-state index in [-0.39, 0.29) is 12.5 Å². The van der Waals surface area contributed by atoms with Gasteiger partial charge in [0.1, 0.15) is 18.1 Å². The first-order valence-electron chi connectivity index (χ1n) is 10.1. The molecular formula is C25H25NO5. The topological polar surface area (TPSA) is 73.9 Å². The Kier molecular flexibility index (Phi) is 7.65. The number of hydrogen-bond acceptors (Lipinski definition) is 5. The Hall–Kier alpha value is -3.80. The molecule has 0 aromatic heterocycles. The zero-order valence-corrected chi connectivity index (χ0v) is 17.5. The van der Waals surface area contributed by atoms with Crippen LogP contribution in [-0.2, 0) is 16.1 Å². The van der Waals surface area contributed by atoms with E-state index in [9.17, 15) is 9.59 Å². The highest BCUT2D eigenvalue weighted by molar-refractivity contribution is 6.05. The standard InChI is InChI=1S/C25H25NO5/c1-3-29-23-12-8-7-11-22(23)26-24(27)20-13-15-21(16-14-20)31-18(2)25(28)30-17-19-9-5-4-6-10-19/h4-16,18H,3,17H2,1-2H3,(H,26,27)/t18-/m0/s1. The Morgan fingerprint density at radius 1 is 0.903 bits per heavy atom. The van der Waals surface area contributed by atoms with E-state index in [1.165, 1.54) is 0 Å². The van der Waals surface area contributed by atoms with Gasteiger partial charge in [0.25, 0.3) is 5.91 Å². The van der Waals surface area contributed by atoms with Crippen molar-refractivity contribution in [3.05, 3.63) is 90.0 Å². The van der Waals surface area contributed by atoms with Crippen LogP contribution in [0, 0.1) is 0 Å². The predicted molar refractivity (Wildman–Crippen MR) is 118 cm³/mol. The molecule has 3 rings (SSSR count). The van der Waals surface area contributed by atoms with Gasteiger partial charge in [0, 0.05) is 5.56 Å². The lowest BCUT2D eigenvalue weighted by molar-refractivity contribution is -0.152. The van der Waals surface area contributed by atoms with Crippen LogP contribution in [0.25, 0.3) is 0 Å². The van der Waals surface area contributed by atoms with Crippen LogP contribution in [-0.4, -0.2) is 24.6 Å². The maximum atomic E-state index is 12.6. The van der Waals surface area contributed by atoms with E-state index in [4.69, 9.17) is 14.2 Å². The molecule has 31 heavy (non-hydrogen) atoms. The lowest BCUT2D eigenvalue weighted by Gasteiger charge is -2.15. The second-order valence-electron chi connectivity index (χ2n) is 6.76. The van der Waals surface area contributed by atoms with Gasteiger partial charge in [0.15, 0.2) is 6.10 Å². The molecule has 0 aliphatic heterocycles. The summed E-state index contributed by atoms with van der Waals surface area (Å²) in [4.78, 5) is 24.7. The normalized spacial score (nSPS) is 11.3. The van der Waals surface area contributed by atoms with Crippen molar-refractivity contribution in [2.24, 2.45) is 0 Å². The molecule has 0 heterocycles. The number of carbonyl (C=O) groups is 2. The fraction of sp³-hybridized carbons (Fsp3) is 0.200. The molecule has 0 unspecified atom stereocenters. The number of anilines is 1. The van der Waals surface area contributed by atoms with E-state index in [2.05, 4.69) is 5.32 Å². The average molecular weight is 419 g/mol. The first-order chi connectivity index (χ1) is 15.1.